The molecule has 0 bridgehead atoms. The molecule has 6 heteroatoms. The van der Waals surface area contributed by atoms with Crippen LogP contribution >= 0.6 is 0 Å². The molecule has 0 unspecified atom stereocenters. The first kappa shape index (κ1) is 17.2. The molecule has 0 aliphatic heterocycles. The van der Waals surface area contributed by atoms with Crippen molar-refractivity contribution < 1.29 is 9.50 Å². The third-order valence-electron chi connectivity index (χ3n) is 3.96. The number of guanidine groups is 1. The van der Waals surface area contributed by atoms with Gasteiger partial charge in [-0.05, 0) is 50.8 Å². The number of benzene rings is 1. The molecular weight excluding hydrogens is 295 g/mol. The summed E-state index contributed by atoms with van der Waals surface area (Å²) in [6.45, 7) is 2.85. The summed E-state index contributed by atoms with van der Waals surface area (Å²) in [7, 11) is 0. The Bertz CT molecular complexity index is 589. The quantitative estimate of drug-likeness (QED) is 0.586. The zero-order chi connectivity index (χ0) is 16.7. The van der Waals surface area contributed by atoms with Crippen LogP contribution in [0.5, 0.6) is 0 Å². The van der Waals surface area contributed by atoms with E-state index in [1.165, 1.54) is 18.2 Å². The van der Waals surface area contributed by atoms with Crippen molar-refractivity contribution in [3.05, 3.63) is 35.1 Å². The highest BCUT2D eigenvalue weighted by molar-refractivity contribution is 5.80. The highest BCUT2D eigenvalue weighted by Gasteiger charge is 2.20. The Kier molecular flexibility index (Phi) is 6.36. The summed E-state index contributed by atoms with van der Waals surface area (Å²) in [5.41, 5.74) is 0.830. The maximum absolute atomic E-state index is 13.8. The van der Waals surface area contributed by atoms with Crippen LogP contribution in [-0.4, -0.2) is 29.8 Å². The standard InChI is InChI=1S/C17H23FN4O/c1-2-20-17(22-14-4-6-15(23)7-5-14)21-11-13-9-12(10-19)3-8-16(13)18/h3,8-9,14-15,23H,2,4-7,11H2,1H3,(H2,20,21,22). The fourth-order valence-electron chi connectivity index (χ4n) is 2.66. The molecule has 1 aliphatic carbocycles. The molecule has 1 aromatic rings. The molecule has 3 N–H and O–H groups in total. The van der Waals surface area contributed by atoms with Gasteiger partial charge in [0, 0.05) is 18.2 Å². The monoisotopic (exact) mass is 318 g/mol. The van der Waals surface area contributed by atoms with E-state index in [2.05, 4.69) is 15.6 Å². The molecule has 2 rings (SSSR count). The molecule has 1 aliphatic rings. The summed E-state index contributed by atoms with van der Waals surface area (Å²) >= 11 is 0. The summed E-state index contributed by atoms with van der Waals surface area (Å²) in [4.78, 5) is 4.42. The minimum Gasteiger partial charge on any atom is -0.393 e. The number of hydrogen-bond acceptors (Lipinski definition) is 3. The topological polar surface area (TPSA) is 80.4 Å². The predicted octanol–water partition coefficient (Wildman–Crippen LogP) is 2.06. The zero-order valence-corrected chi connectivity index (χ0v) is 13.3. The van der Waals surface area contributed by atoms with E-state index in [4.69, 9.17) is 5.26 Å². The zero-order valence-electron chi connectivity index (χ0n) is 13.3. The van der Waals surface area contributed by atoms with Gasteiger partial charge < -0.3 is 15.7 Å². The first-order chi connectivity index (χ1) is 11.1. The summed E-state index contributed by atoms with van der Waals surface area (Å²) in [5.74, 6) is 0.278. The van der Waals surface area contributed by atoms with Gasteiger partial charge in [-0.3, -0.25) is 0 Å². The molecule has 0 aromatic heterocycles. The number of aliphatic imine (C=N–C) groups is 1. The molecular formula is C17H23FN4O. The number of nitrogens with one attached hydrogen (secondary N) is 2. The Morgan fingerprint density at radius 2 is 2.13 bits per heavy atom. The molecule has 5 nitrogen and oxygen atoms in total. The molecule has 1 aromatic carbocycles. The molecule has 0 saturated heterocycles. The number of aliphatic hydroxyl groups is 1. The van der Waals surface area contributed by atoms with E-state index in [1.54, 1.807) is 0 Å². The molecule has 0 atom stereocenters. The lowest BCUT2D eigenvalue weighted by atomic mass is 9.93. The average molecular weight is 318 g/mol. The van der Waals surface area contributed by atoms with Crippen molar-refractivity contribution in [3.8, 4) is 6.07 Å². The Balaban J connectivity index is 2.02. The first-order valence-corrected chi connectivity index (χ1v) is 8.03. The smallest absolute Gasteiger partial charge is 0.191 e. The number of aliphatic hydroxyl groups excluding tert-OH is 1. The third kappa shape index (κ3) is 5.22. The van der Waals surface area contributed by atoms with Crippen molar-refractivity contribution in [3.63, 3.8) is 0 Å². The number of nitrogens with zero attached hydrogens (tertiary/aromatic N) is 2. The van der Waals surface area contributed by atoms with Gasteiger partial charge in [-0.2, -0.15) is 5.26 Å². The number of hydrogen-bond donors (Lipinski definition) is 3. The molecule has 23 heavy (non-hydrogen) atoms. The second-order valence-electron chi connectivity index (χ2n) is 5.76. The summed E-state index contributed by atoms with van der Waals surface area (Å²) in [6, 6.07) is 6.56. The van der Waals surface area contributed by atoms with Crippen molar-refractivity contribution in [1.82, 2.24) is 10.6 Å². The van der Waals surface area contributed by atoms with Crippen LogP contribution in [0.3, 0.4) is 0 Å². The maximum atomic E-state index is 13.8. The van der Waals surface area contributed by atoms with E-state index in [9.17, 15) is 9.50 Å². The highest BCUT2D eigenvalue weighted by atomic mass is 19.1. The van der Waals surface area contributed by atoms with Gasteiger partial charge in [-0.25, -0.2) is 9.38 Å². The summed E-state index contributed by atoms with van der Waals surface area (Å²) in [6.07, 6.45) is 3.16. The van der Waals surface area contributed by atoms with Crippen molar-refractivity contribution in [2.24, 2.45) is 4.99 Å². The Labute approximate surface area is 136 Å². The third-order valence-corrected chi connectivity index (χ3v) is 3.96. The molecule has 0 heterocycles. The van der Waals surface area contributed by atoms with E-state index < -0.39 is 0 Å². The van der Waals surface area contributed by atoms with Gasteiger partial charge in [0.15, 0.2) is 5.96 Å². The Morgan fingerprint density at radius 3 is 2.78 bits per heavy atom. The van der Waals surface area contributed by atoms with Crippen molar-refractivity contribution in [1.29, 1.82) is 5.26 Å². The SMILES string of the molecule is CCNC(=NCc1cc(C#N)ccc1F)NC1CCC(O)CC1. The average Bonchev–Trinajstić information content (AvgIpc) is 2.56. The van der Waals surface area contributed by atoms with Crippen LogP contribution in [0.4, 0.5) is 4.39 Å². The lowest BCUT2D eigenvalue weighted by molar-refractivity contribution is 0.120. The normalized spacial score (nSPS) is 21.6. The number of rotatable bonds is 4. The van der Waals surface area contributed by atoms with Gasteiger partial charge in [-0.1, -0.05) is 0 Å². The van der Waals surface area contributed by atoms with Gasteiger partial charge in [-0.15, -0.1) is 0 Å². The van der Waals surface area contributed by atoms with Gasteiger partial charge in [0.05, 0.1) is 24.3 Å². The fourth-order valence-corrected chi connectivity index (χ4v) is 2.66. The van der Waals surface area contributed by atoms with Crippen LogP contribution in [0.2, 0.25) is 0 Å². The maximum Gasteiger partial charge on any atom is 0.191 e. The van der Waals surface area contributed by atoms with Gasteiger partial charge in [0.2, 0.25) is 0 Å². The van der Waals surface area contributed by atoms with Crippen molar-refractivity contribution >= 4 is 5.96 Å². The van der Waals surface area contributed by atoms with Crippen LogP contribution in [0.1, 0.15) is 43.7 Å². The molecule has 0 amide bonds. The van der Waals surface area contributed by atoms with Crippen LogP contribution in [0.25, 0.3) is 0 Å². The molecule has 1 saturated carbocycles. The number of halogens is 1. The van der Waals surface area contributed by atoms with Crippen LogP contribution in [-0.2, 0) is 6.54 Å². The Morgan fingerprint density at radius 1 is 1.39 bits per heavy atom. The minimum atomic E-state index is -0.357. The van der Waals surface area contributed by atoms with Crippen LogP contribution < -0.4 is 10.6 Å². The second-order valence-corrected chi connectivity index (χ2v) is 5.76. The van der Waals surface area contributed by atoms with E-state index in [0.717, 1.165) is 25.7 Å². The number of nitriles is 1. The highest BCUT2D eigenvalue weighted by Crippen LogP contribution is 2.18. The Hall–Kier alpha value is -2.13. The van der Waals surface area contributed by atoms with E-state index in [-0.39, 0.29) is 24.5 Å². The summed E-state index contributed by atoms with van der Waals surface area (Å²) in [5, 5.41) is 24.9. The molecule has 0 spiro atoms. The molecule has 0 radical (unpaired) electrons. The van der Waals surface area contributed by atoms with E-state index in [1.807, 2.05) is 13.0 Å². The molecule has 1 fully saturated rings. The van der Waals surface area contributed by atoms with Gasteiger partial charge in [0.25, 0.3) is 0 Å². The fraction of sp³-hybridized carbons (Fsp3) is 0.529. The van der Waals surface area contributed by atoms with E-state index in [0.29, 0.717) is 23.6 Å². The molecule has 124 valence electrons. The first-order valence-electron chi connectivity index (χ1n) is 8.03. The summed E-state index contributed by atoms with van der Waals surface area (Å²) < 4.78 is 13.8. The van der Waals surface area contributed by atoms with Crippen molar-refractivity contribution in [2.75, 3.05) is 6.54 Å². The van der Waals surface area contributed by atoms with Gasteiger partial charge >= 0.3 is 0 Å². The lowest BCUT2D eigenvalue weighted by Crippen LogP contribution is -2.45. The second kappa shape index (κ2) is 8.49. The minimum absolute atomic E-state index is 0.173. The largest absolute Gasteiger partial charge is 0.393 e. The van der Waals surface area contributed by atoms with Crippen LogP contribution in [0.15, 0.2) is 23.2 Å². The van der Waals surface area contributed by atoms with Gasteiger partial charge in [0.1, 0.15) is 5.82 Å². The van der Waals surface area contributed by atoms with E-state index >= 15 is 0 Å². The van der Waals surface area contributed by atoms with Crippen LogP contribution in [0, 0.1) is 17.1 Å². The lowest BCUT2D eigenvalue weighted by Gasteiger charge is -2.27. The van der Waals surface area contributed by atoms with Crippen molar-refractivity contribution in [2.45, 2.75) is 51.3 Å². The predicted molar refractivity (Wildman–Crippen MR) is 87.3 cm³/mol.